The Balaban J connectivity index is 1.80. The van der Waals surface area contributed by atoms with E-state index in [0.29, 0.717) is 11.3 Å². The average Bonchev–Trinajstić information content (AvgIpc) is 3.48. The number of nitrogens with two attached hydrogens (primary N) is 1. The van der Waals surface area contributed by atoms with Gasteiger partial charge in [0.15, 0.2) is 5.69 Å². The summed E-state index contributed by atoms with van der Waals surface area (Å²) < 4.78 is 72.2. The standard InChI is InChI=1S/C20H13BrF5N5O3S/c1-7-13(21)16(20(24,25)26)30-31(7)6-11(32)29-14-12-8(10-3-2-4-34-10)5-9(17(22)23)28-19(12)35-15(14)18(27)33/h2-5,17H,6H2,1H3,(H2,27,33)(H,29,32). The number of pyridine rings is 1. The minimum Gasteiger partial charge on any atom is -0.464 e. The van der Waals surface area contributed by atoms with Gasteiger partial charge in [0.25, 0.3) is 12.3 Å². The van der Waals surface area contributed by atoms with Crippen molar-refractivity contribution in [3.8, 4) is 11.3 Å². The summed E-state index contributed by atoms with van der Waals surface area (Å²) in [5, 5.41) is 6.01. The van der Waals surface area contributed by atoms with E-state index in [1.807, 2.05) is 0 Å². The molecule has 3 N–H and O–H groups in total. The van der Waals surface area contributed by atoms with Crippen LogP contribution in [0, 0.1) is 6.92 Å². The molecule has 0 aliphatic heterocycles. The number of thiophene rings is 1. The van der Waals surface area contributed by atoms with Crippen LogP contribution in [0.15, 0.2) is 33.4 Å². The number of nitrogens with zero attached hydrogens (tertiary/aromatic N) is 3. The molecule has 0 bridgehead atoms. The lowest BCUT2D eigenvalue weighted by atomic mass is 10.1. The molecule has 4 aromatic heterocycles. The smallest absolute Gasteiger partial charge is 0.436 e. The quantitative estimate of drug-likeness (QED) is 0.293. The van der Waals surface area contributed by atoms with Crippen LogP contribution in [0.3, 0.4) is 0 Å². The summed E-state index contributed by atoms with van der Waals surface area (Å²) in [5.74, 6) is -1.66. The number of nitrogens with one attached hydrogen (secondary N) is 1. The number of fused-ring (bicyclic) bond motifs is 1. The lowest BCUT2D eigenvalue weighted by Crippen LogP contribution is -2.22. The van der Waals surface area contributed by atoms with E-state index in [1.54, 1.807) is 0 Å². The summed E-state index contributed by atoms with van der Waals surface area (Å²) in [4.78, 5) is 28.6. The molecule has 4 rings (SSSR count). The first-order valence-corrected chi connectivity index (χ1v) is 11.2. The van der Waals surface area contributed by atoms with Gasteiger partial charge in [0, 0.05) is 10.9 Å². The van der Waals surface area contributed by atoms with Crippen LogP contribution in [0.25, 0.3) is 21.5 Å². The fraction of sp³-hybridized carbons (Fsp3) is 0.200. The minimum atomic E-state index is -4.75. The highest BCUT2D eigenvalue weighted by atomic mass is 79.9. The minimum absolute atomic E-state index is 0.0179. The first-order chi connectivity index (χ1) is 16.4. The fourth-order valence-corrected chi connectivity index (χ4v) is 4.85. The number of aromatic nitrogens is 3. The van der Waals surface area contributed by atoms with E-state index in [1.165, 1.54) is 25.3 Å². The summed E-state index contributed by atoms with van der Waals surface area (Å²) in [6.45, 7) is 0.688. The van der Waals surface area contributed by atoms with Crippen LogP contribution in [-0.2, 0) is 17.5 Å². The van der Waals surface area contributed by atoms with Gasteiger partial charge in [-0.25, -0.2) is 13.8 Å². The lowest BCUT2D eigenvalue weighted by molar-refractivity contribution is -0.142. The van der Waals surface area contributed by atoms with Gasteiger partial charge >= 0.3 is 6.18 Å². The largest absolute Gasteiger partial charge is 0.464 e. The monoisotopic (exact) mass is 577 g/mol. The van der Waals surface area contributed by atoms with E-state index in [9.17, 15) is 31.5 Å². The number of rotatable bonds is 6. The van der Waals surface area contributed by atoms with E-state index in [2.05, 4.69) is 31.3 Å². The second-order valence-corrected chi connectivity index (χ2v) is 8.97. The number of hydrogen-bond donors (Lipinski definition) is 2. The molecule has 0 aliphatic rings. The molecule has 0 aromatic carbocycles. The summed E-state index contributed by atoms with van der Waals surface area (Å²) in [6, 6.07) is 4.06. The van der Waals surface area contributed by atoms with Gasteiger partial charge in [-0.1, -0.05) is 0 Å². The highest BCUT2D eigenvalue weighted by Gasteiger charge is 2.38. The molecule has 35 heavy (non-hydrogen) atoms. The molecule has 4 heterocycles. The normalized spacial score (nSPS) is 12.0. The lowest BCUT2D eigenvalue weighted by Gasteiger charge is -2.10. The highest BCUT2D eigenvalue weighted by molar-refractivity contribution is 9.10. The maximum atomic E-state index is 13.4. The molecular formula is C20H13BrF5N5O3S. The number of furan rings is 1. The van der Waals surface area contributed by atoms with Crippen LogP contribution < -0.4 is 11.1 Å². The molecule has 0 atom stereocenters. The van der Waals surface area contributed by atoms with E-state index >= 15 is 0 Å². The van der Waals surface area contributed by atoms with Crippen molar-refractivity contribution in [2.24, 2.45) is 5.73 Å². The molecule has 15 heteroatoms. The number of alkyl halides is 5. The van der Waals surface area contributed by atoms with Crippen LogP contribution in [0.1, 0.15) is 33.2 Å². The number of hydrogen-bond acceptors (Lipinski definition) is 6. The van der Waals surface area contributed by atoms with Crippen molar-refractivity contribution in [1.29, 1.82) is 0 Å². The van der Waals surface area contributed by atoms with Crippen LogP contribution in [-0.4, -0.2) is 26.6 Å². The van der Waals surface area contributed by atoms with Gasteiger partial charge in [0.05, 0.1) is 22.1 Å². The molecule has 184 valence electrons. The Bertz CT molecular complexity index is 1450. The molecule has 0 aliphatic carbocycles. The molecule has 2 amide bonds. The summed E-state index contributed by atoms with van der Waals surface area (Å²) in [7, 11) is 0. The molecule has 0 radical (unpaired) electrons. The SMILES string of the molecule is Cc1c(Br)c(C(F)(F)F)nn1CC(=O)Nc1c(C(N)=O)sc2nc(C(F)F)cc(-c3ccco3)c12. The number of carbonyl (C=O) groups excluding carboxylic acids is 2. The third kappa shape index (κ3) is 4.65. The number of halogens is 6. The number of carbonyl (C=O) groups is 2. The molecule has 0 saturated carbocycles. The van der Waals surface area contributed by atoms with Gasteiger partial charge in [-0.15, -0.1) is 11.3 Å². The van der Waals surface area contributed by atoms with Gasteiger partial charge < -0.3 is 15.5 Å². The Morgan fingerprint density at radius 3 is 2.60 bits per heavy atom. The maximum absolute atomic E-state index is 13.4. The molecule has 0 spiro atoms. The third-order valence-electron chi connectivity index (χ3n) is 4.88. The number of amides is 2. The van der Waals surface area contributed by atoms with E-state index in [-0.39, 0.29) is 42.3 Å². The van der Waals surface area contributed by atoms with Crippen LogP contribution >= 0.6 is 27.3 Å². The summed E-state index contributed by atoms with van der Waals surface area (Å²) in [6.07, 6.45) is -6.38. The van der Waals surface area contributed by atoms with Crippen molar-refractivity contribution < 1.29 is 36.0 Å². The van der Waals surface area contributed by atoms with Crippen LogP contribution in [0.2, 0.25) is 0 Å². The Labute approximate surface area is 205 Å². The first-order valence-electron chi connectivity index (χ1n) is 9.57. The molecule has 8 nitrogen and oxygen atoms in total. The van der Waals surface area contributed by atoms with Gasteiger partial charge in [0.1, 0.15) is 27.7 Å². The highest BCUT2D eigenvalue weighted by Crippen LogP contribution is 2.42. The maximum Gasteiger partial charge on any atom is 0.436 e. The Hall–Kier alpha value is -3.33. The van der Waals surface area contributed by atoms with Gasteiger partial charge in [-0.3, -0.25) is 14.3 Å². The fourth-order valence-electron chi connectivity index (χ4n) is 3.32. The topological polar surface area (TPSA) is 116 Å². The van der Waals surface area contributed by atoms with Crippen LogP contribution in [0.5, 0.6) is 0 Å². The van der Waals surface area contributed by atoms with E-state index in [0.717, 1.165) is 10.7 Å². The second-order valence-electron chi connectivity index (χ2n) is 7.17. The van der Waals surface area contributed by atoms with Gasteiger partial charge in [0.2, 0.25) is 5.91 Å². The molecule has 0 saturated heterocycles. The van der Waals surface area contributed by atoms with E-state index < -0.39 is 42.3 Å². The molecule has 4 aromatic rings. The number of primary amides is 1. The van der Waals surface area contributed by atoms with Crippen molar-refractivity contribution in [2.45, 2.75) is 26.1 Å². The van der Waals surface area contributed by atoms with Crippen molar-refractivity contribution in [2.75, 3.05) is 5.32 Å². The first kappa shape index (κ1) is 24.8. The van der Waals surface area contributed by atoms with E-state index in [4.69, 9.17) is 10.2 Å². The van der Waals surface area contributed by atoms with Crippen molar-refractivity contribution >= 4 is 55.0 Å². The average molecular weight is 578 g/mol. The van der Waals surface area contributed by atoms with Gasteiger partial charge in [-0.2, -0.15) is 18.3 Å². The van der Waals surface area contributed by atoms with Crippen molar-refractivity contribution in [3.05, 3.63) is 50.9 Å². The Morgan fingerprint density at radius 2 is 2.06 bits per heavy atom. The molecule has 0 unspecified atom stereocenters. The summed E-state index contributed by atoms with van der Waals surface area (Å²) in [5.41, 5.74) is 3.68. The molecule has 0 fully saturated rings. The van der Waals surface area contributed by atoms with Crippen LogP contribution in [0.4, 0.5) is 27.6 Å². The van der Waals surface area contributed by atoms with Crippen molar-refractivity contribution in [1.82, 2.24) is 14.8 Å². The predicted octanol–water partition coefficient (Wildman–Crippen LogP) is 5.52. The Morgan fingerprint density at radius 1 is 1.34 bits per heavy atom. The summed E-state index contributed by atoms with van der Waals surface area (Å²) >= 11 is 3.51. The number of anilines is 1. The zero-order valence-corrected chi connectivity index (χ0v) is 19.8. The van der Waals surface area contributed by atoms with Gasteiger partial charge in [-0.05, 0) is 41.1 Å². The molecular weight excluding hydrogens is 565 g/mol. The Kier molecular flexibility index (Phi) is 6.40. The predicted molar refractivity (Wildman–Crippen MR) is 119 cm³/mol. The zero-order valence-electron chi connectivity index (χ0n) is 17.4. The second kappa shape index (κ2) is 9.03. The zero-order chi connectivity index (χ0) is 25.7. The third-order valence-corrected chi connectivity index (χ3v) is 6.92. The van der Waals surface area contributed by atoms with Crippen molar-refractivity contribution in [3.63, 3.8) is 0 Å².